The van der Waals surface area contributed by atoms with Crippen LogP contribution in [-0.2, 0) is 9.53 Å². The molecule has 0 aliphatic heterocycles. The van der Waals surface area contributed by atoms with Crippen molar-refractivity contribution in [1.29, 1.82) is 0 Å². The van der Waals surface area contributed by atoms with Crippen molar-refractivity contribution in [3.8, 4) is 0 Å². The topological polar surface area (TPSA) is 117 Å². The minimum Gasteiger partial charge on any atom is -0.451 e. The van der Waals surface area contributed by atoms with E-state index in [1.807, 2.05) is 0 Å². The molecule has 0 fully saturated rings. The second-order valence-electron chi connectivity index (χ2n) is 4.28. The number of nitrogens with one attached hydrogen (secondary N) is 3. The number of carbonyl (C=O) groups is 4. The smallest absolute Gasteiger partial charge is 0.405 e. The predicted molar refractivity (Wildman–Crippen MR) is 68.7 cm³/mol. The van der Waals surface area contributed by atoms with Gasteiger partial charge in [-0.2, -0.15) is 13.2 Å². The quantitative estimate of drug-likeness (QED) is 0.542. The maximum absolute atomic E-state index is 11.8. The second kappa shape index (κ2) is 7.42. The van der Waals surface area contributed by atoms with Gasteiger partial charge in [0.2, 0.25) is 0 Å². The summed E-state index contributed by atoms with van der Waals surface area (Å²) < 4.78 is 40.0. The number of halogens is 3. The zero-order valence-electron chi connectivity index (χ0n) is 11.7. The molecule has 1 rings (SSSR count). The summed E-state index contributed by atoms with van der Waals surface area (Å²) in [5, 5.41) is 2.96. The van der Waals surface area contributed by atoms with Gasteiger partial charge < -0.3 is 15.0 Å². The summed E-state index contributed by atoms with van der Waals surface area (Å²) in [4.78, 5) is 47.2. The first-order chi connectivity index (χ1) is 10.6. The van der Waals surface area contributed by atoms with Gasteiger partial charge in [0, 0.05) is 11.8 Å². The number of alkyl halides is 3. The summed E-state index contributed by atoms with van der Waals surface area (Å²) >= 11 is 0. The fourth-order valence-electron chi connectivity index (χ4n) is 1.31. The van der Waals surface area contributed by atoms with Gasteiger partial charge in [-0.05, 0) is 13.0 Å². The van der Waals surface area contributed by atoms with Crippen LogP contribution in [0.4, 0.5) is 18.0 Å². The number of rotatable bonds is 5. The van der Waals surface area contributed by atoms with Gasteiger partial charge in [-0.25, -0.2) is 9.59 Å². The van der Waals surface area contributed by atoms with Crippen molar-refractivity contribution in [1.82, 2.24) is 15.6 Å². The van der Waals surface area contributed by atoms with Crippen LogP contribution in [0.3, 0.4) is 0 Å². The third-order valence-corrected chi connectivity index (χ3v) is 2.35. The molecule has 0 bridgehead atoms. The predicted octanol–water partition coefficient (Wildman–Crippen LogP) is 0.762. The molecule has 126 valence electrons. The van der Waals surface area contributed by atoms with Crippen LogP contribution in [0.2, 0.25) is 0 Å². The number of aromatic nitrogens is 1. The number of esters is 1. The molecule has 1 heterocycles. The number of urea groups is 1. The van der Waals surface area contributed by atoms with Crippen LogP contribution in [0, 0.1) is 0 Å². The molecule has 0 saturated carbocycles. The zero-order chi connectivity index (χ0) is 17.6. The summed E-state index contributed by atoms with van der Waals surface area (Å²) in [5.74, 6) is -2.38. The van der Waals surface area contributed by atoms with Crippen LogP contribution < -0.4 is 10.6 Å². The molecule has 1 aromatic rings. The highest BCUT2D eigenvalue weighted by Crippen LogP contribution is 2.11. The Kier molecular flexibility index (Phi) is 5.87. The molecule has 0 saturated heterocycles. The van der Waals surface area contributed by atoms with Crippen molar-refractivity contribution in [2.45, 2.75) is 13.1 Å². The van der Waals surface area contributed by atoms with Gasteiger partial charge in [0.15, 0.2) is 12.4 Å². The van der Waals surface area contributed by atoms with Gasteiger partial charge in [0.1, 0.15) is 12.2 Å². The number of H-pyrrole nitrogens is 1. The summed E-state index contributed by atoms with van der Waals surface area (Å²) in [6.07, 6.45) is -3.35. The van der Waals surface area contributed by atoms with Crippen molar-refractivity contribution in [3.63, 3.8) is 0 Å². The van der Waals surface area contributed by atoms with Crippen LogP contribution in [0.5, 0.6) is 0 Å². The van der Waals surface area contributed by atoms with E-state index in [1.165, 1.54) is 24.5 Å². The molecule has 11 heteroatoms. The lowest BCUT2D eigenvalue weighted by molar-refractivity contribution is -0.125. The Morgan fingerprint density at radius 2 is 1.91 bits per heavy atom. The molecule has 0 radical (unpaired) electrons. The Morgan fingerprint density at radius 3 is 2.43 bits per heavy atom. The van der Waals surface area contributed by atoms with E-state index in [0.29, 0.717) is 0 Å². The van der Waals surface area contributed by atoms with Crippen LogP contribution in [-0.4, -0.2) is 48.0 Å². The van der Waals surface area contributed by atoms with Gasteiger partial charge in [-0.15, -0.1) is 0 Å². The maximum atomic E-state index is 11.8. The number of hydrogen-bond donors (Lipinski definition) is 3. The van der Waals surface area contributed by atoms with E-state index in [1.54, 1.807) is 5.32 Å². The Morgan fingerprint density at radius 1 is 1.26 bits per heavy atom. The monoisotopic (exact) mass is 335 g/mol. The van der Waals surface area contributed by atoms with E-state index < -0.39 is 37.2 Å². The standard InChI is InChI=1S/C12H12F3N3O5/c1-6(19)7-2-8(16-3-7)10(21)23-4-9(20)18-11(22)17-5-12(13,14)15/h2-3,16H,4-5H2,1H3,(H2,17,18,20,22). The Labute approximate surface area is 127 Å². The highest BCUT2D eigenvalue weighted by atomic mass is 19.4. The summed E-state index contributed by atoms with van der Waals surface area (Å²) in [6.45, 7) is -1.21. The van der Waals surface area contributed by atoms with Crippen LogP contribution in [0.25, 0.3) is 0 Å². The SMILES string of the molecule is CC(=O)c1c[nH]c(C(=O)OCC(=O)NC(=O)NCC(F)(F)F)c1. The number of aromatic amines is 1. The number of ether oxygens (including phenoxy) is 1. The summed E-state index contributed by atoms with van der Waals surface area (Å²) in [5.41, 5.74) is 0.137. The average Bonchev–Trinajstić information content (AvgIpc) is 2.92. The first-order valence-electron chi connectivity index (χ1n) is 6.09. The highest BCUT2D eigenvalue weighted by molar-refractivity contribution is 5.99. The van der Waals surface area contributed by atoms with E-state index in [9.17, 15) is 32.3 Å². The lowest BCUT2D eigenvalue weighted by Crippen LogP contribution is -2.44. The summed E-state index contributed by atoms with van der Waals surface area (Å²) in [6, 6.07) is -0.166. The fourth-order valence-corrected chi connectivity index (χ4v) is 1.31. The van der Waals surface area contributed by atoms with Gasteiger partial charge in [0.05, 0.1) is 0 Å². The van der Waals surface area contributed by atoms with Crippen molar-refractivity contribution in [2.24, 2.45) is 0 Å². The second-order valence-corrected chi connectivity index (χ2v) is 4.28. The van der Waals surface area contributed by atoms with E-state index in [4.69, 9.17) is 0 Å². The largest absolute Gasteiger partial charge is 0.451 e. The molecular weight excluding hydrogens is 323 g/mol. The Balaban J connectivity index is 2.39. The Bertz CT molecular complexity index is 624. The van der Waals surface area contributed by atoms with Crippen molar-refractivity contribution in [2.75, 3.05) is 13.2 Å². The van der Waals surface area contributed by atoms with Crippen molar-refractivity contribution < 1.29 is 37.1 Å². The third-order valence-electron chi connectivity index (χ3n) is 2.35. The fraction of sp³-hybridized carbons (Fsp3) is 0.333. The number of ketones is 1. The van der Waals surface area contributed by atoms with Crippen molar-refractivity contribution >= 4 is 23.7 Å². The third kappa shape index (κ3) is 6.63. The lowest BCUT2D eigenvalue weighted by atomic mass is 10.2. The van der Waals surface area contributed by atoms with Crippen molar-refractivity contribution in [3.05, 3.63) is 23.5 Å². The molecule has 1 aromatic heterocycles. The van der Waals surface area contributed by atoms with Crippen LogP contribution in [0.1, 0.15) is 27.8 Å². The van der Waals surface area contributed by atoms with E-state index >= 15 is 0 Å². The minimum absolute atomic E-state index is 0.0930. The number of hydrogen-bond acceptors (Lipinski definition) is 5. The molecule has 0 aliphatic rings. The molecular formula is C12H12F3N3O5. The Hall–Kier alpha value is -2.85. The average molecular weight is 335 g/mol. The first kappa shape index (κ1) is 18.2. The minimum atomic E-state index is -4.62. The van der Waals surface area contributed by atoms with Crippen LogP contribution >= 0.6 is 0 Å². The van der Waals surface area contributed by atoms with Crippen LogP contribution in [0.15, 0.2) is 12.3 Å². The number of amides is 3. The normalized spacial score (nSPS) is 10.8. The molecule has 0 unspecified atom stereocenters. The van der Waals surface area contributed by atoms with E-state index in [-0.39, 0.29) is 17.0 Å². The van der Waals surface area contributed by atoms with Gasteiger partial charge >= 0.3 is 18.2 Å². The molecule has 0 aliphatic carbocycles. The highest BCUT2D eigenvalue weighted by Gasteiger charge is 2.28. The van der Waals surface area contributed by atoms with E-state index in [2.05, 4.69) is 9.72 Å². The maximum Gasteiger partial charge on any atom is 0.405 e. The van der Waals surface area contributed by atoms with Gasteiger partial charge in [0.25, 0.3) is 5.91 Å². The summed E-state index contributed by atoms with van der Waals surface area (Å²) in [7, 11) is 0. The van der Waals surface area contributed by atoms with E-state index in [0.717, 1.165) is 0 Å². The number of carbonyl (C=O) groups excluding carboxylic acids is 4. The molecule has 3 N–H and O–H groups in total. The van der Waals surface area contributed by atoms with Gasteiger partial charge in [-0.3, -0.25) is 14.9 Å². The lowest BCUT2D eigenvalue weighted by Gasteiger charge is -2.09. The first-order valence-corrected chi connectivity index (χ1v) is 6.09. The number of Topliss-reactive ketones (excluding diaryl/α,β-unsaturated/α-hetero) is 1. The molecule has 3 amide bonds. The molecule has 8 nitrogen and oxygen atoms in total. The molecule has 0 spiro atoms. The molecule has 23 heavy (non-hydrogen) atoms. The zero-order valence-corrected chi connectivity index (χ0v) is 11.7. The molecule has 0 atom stereocenters. The van der Waals surface area contributed by atoms with Gasteiger partial charge in [-0.1, -0.05) is 0 Å². The molecule has 0 aromatic carbocycles. The number of imide groups is 1.